The largest absolute Gasteiger partial charge is 0.507 e. The number of phenols is 1. The molecule has 0 bridgehead atoms. The van der Waals surface area contributed by atoms with Crippen LogP contribution in [-0.2, 0) is 4.74 Å². The first-order valence-corrected chi connectivity index (χ1v) is 4.98. The Morgan fingerprint density at radius 1 is 1.38 bits per heavy atom. The van der Waals surface area contributed by atoms with Crippen LogP contribution in [0.1, 0.15) is 17.3 Å². The molecule has 0 saturated carbocycles. The van der Waals surface area contributed by atoms with Gasteiger partial charge in [0.2, 0.25) is 0 Å². The van der Waals surface area contributed by atoms with Crippen LogP contribution in [0.2, 0.25) is 0 Å². The van der Waals surface area contributed by atoms with Gasteiger partial charge >= 0.3 is 5.97 Å². The van der Waals surface area contributed by atoms with Crippen molar-refractivity contribution >= 4 is 5.97 Å². The van der Waals surface area contributed by atoms with Crippen LogP contribution in [0, 0.1) is 0 Å². The smallest absolute Gasteiger partial charge is 0.342 e. The van der Waals surface area contributed by atoms with Gasteiger partial charge in [-0.15, -0.1) is 0 Å². The van der Waals surface area contributed by atoms with Crippen molar-refractivity contribution in [3.63, 3.8) is 0 Å². The summed E-state index contributed by atoms with van der Waals surface area (Å²) >= 11 is 0. The van der Waals surface area contributed by atoms with Gasteiger partial charge in [0, 0.05) is 0 Å². The Labute approximate surface area is 94.7 Å². The molecule has 0 radical (unpaired) electrons. The molecule has 0 saturated heterocycles. The lowest BCUT2D eigenvalue weighted by Crippen LogP contribution is -2.05. The van der Waals surface area contributed by atoms with Gasteiger partial charge in [0.25, 0.3) is 0 Å². The molecule has 0 aliphatic rings. The summed E-state index contributed by atoms with van der Waals surface area (Å²) in [5.41, 5.74) is 0.182. The van der Waals surface area contributed by atoms with Crippen molar-refractivity contribution in [1.29, 1.82) is 0 Å². The van der Waals surface area contributed by atoms with Gasteiger partial charge in [-0.2, -0.15) is 0 Å². The van der Waals surface area contributed by atoms with Crippen LogP contribution in [0.15, 0.2) is 48.6 Å². The number of hydrogen-bond acceptors (Lipinski definition) is 3. The van der Waals surface area contributed by atoms with E-state index >= 15 is 0 Å². The molecule has 1 aromatic rings. The second-order valence-electron chi connectivity index (χ2n) is 3.07. The van der Waals surface area contributed by atoms with Crippen LogP contribution in [-0.4, -0.2) is 17.7 Å². The molecule has 0 atom stereocenters. The fourth-order valence-corrected chi connectivity index (χ4v) is 1.09. The minimum Gasteiger partial charge on any atom is -0.507 e. The molecule has 0 spiro atoms. The normalized spacial score (nSPS) is 11.1. The molecule has 0 aliphatic heterocycles. The first kappa shape index (κ1) is 12.0. The number of phenolic OH excluding ortho intramolecular Hbond substituents is 1. The first-order valence-electron chi connectivity index (χ1n) is 4.98. The molecule has 84 valence electrons. The van der Waals surface area contributed by atoms with E-state index in [1.807, 2.05) is 19.1 Å². The average Bonchev–Trinajstić information content (AvgIpc) is 2.29. The van der Waals surface area contributed by atoms with Crippen molar-refractivity contribution in [1.82, 2.24) is 0 Å². The number of benzene rings is 1. The number of esters is 1. The molecule has 0 unspecified atom stereocenters. The van der Waals surface area contributed by atoms with Gasteiger partial charge in [-0.25, -0.2) is 4.79 Å². The van der Waals surface area contributed by atoms with Crippen molar-refractivity contribution in [2.45, 2.75) is 6.92 Å². The molecule has 1 rings (SSSR count). The summed E-state index contributed by atoms with van der Waals surface area (Å²) in [7, 11) is 0. The van der Waals surface area contributed by atoms with Crippen LogP contribution in [0.4, 0.5) is 0 Å². The zero-order chi connectivity index (χ0) is 11.8. The lowest BCUT2D eigenvalue weighted by molar-refractivity contribution is 0.0546. The molecule has 3 nitrogen and oxygen atoms in total. The van der Waals surface area contributed by atoms with Gasteiger partial charge < -0.3 is 9.84 Å². The molecule has 0 amide bonds. The van der Waals surface area contributed by atoms with Gasteiger partial charge in [0.1, 0.15) is 17.9 Å². The zero-order valence-electron chi connectivity index (χ0n) is 9.09. The Morgan fingerprint density at radius 2 is 2.12 bits per heavy atom. The third kappa shape index (κ3) is 3.61. The van der Waals surface area contributed by atoms with Crippen LogP contribution >= 0.6 is 0 Å². The summed E-state index contributed by atoms with van der Waals surface area (Å²) in [6.07, 6.45) is 7.23. The number of hydrogen-bond donors (Lipinski definition) is 1. The van der Waals surface area contributed by atoms with E-state index in [2.05, 4.69) is 0 Å². The summed E-state index contributed by atoms with van der Waals surface area (Å²) in [6, 6.07) is 6.30. The van der Waals surface area contributed by atoms with E-state index in [1.165, 1.54) is 12.1 Å². The molecular formula is C13H14O3. The molecule has 0 fully saturated rings. The Kier molecular flexibility index (Phi) is 4.86. The molecular weight excluding hydrogens is 204 g/mol. The third-order valence-corrected chi connectivity index (χ3v) is 1.87. The minimum absolute atomic E-state index is 0.0649. The van der Waals surface area contributed by atoms with Crippen molar-refractivity contribution < 1.29 is 14.6 Å². The summed E-state index contributed by atoms with van der Waals surface area (Å²) in [5.74, 6) is -0.590. The van der Waals surface area contributed by atoms with E-state index in [9.17, 15) is 9.90 Å². The number of carbonyl (C=O) groups excluding carboxylic acids is 1. The van der Waals surface area contributed by atoms with Crippen LogP contribution in [0.5, 0.6) is 5.75 Å². The Hall–Kier alpha value is -2.03. The Balaban J connectivity index is 2.50. The highest BCUT2D eigenvalue weighted by Gasteiger charge is 2.10. The van der Waals surface area contributed by atoms with Crippen LogP contribution in [0.25, 0.3) is 0 Å². The maximum Gasteiger partial charge on any atom is 0.342 e. The number of allylic oxidation sites excluding steroid dienone is 3. The number of ether oxygens (including phenoxy) is 1. The number of carbonyl (C=O) groups is 1. The summed E-state index contributed by atoms with van der Waals surface area (Å²) < 4.78 is 4.94. The number of rotatable bonds is 4. The van der Waals surface area contributed by atoms with E-state index in [0.717, 1.165) is 0 Å². The van der Waals surface area contributed by atoms with Crippen molar-refractivity contribution in [3.8, 4) is 5.75 Å². The van der Waals surface area contributed by atoms with Gasteiger partial charge in [0.05, 0.1) is 0 Å². The molecule has 0 aliphatic carbocycles. The Morgan fingerprint density at radius 3 is 2.81 bits per heavy atom. The standard InChI is InChI=1S/C13H14O3/c1-2-3-4-7-10-16-13(15)11-8-5-6-9-12(11)14/h2-9,14H,10H2,1H3. The number of para-hydroxylation sites is 1. The first-order chi connectivity index (χ1) is 7.75. The van der Waals surface area contributed by atoms with Crippen molar-refractivity contribution in [2.75, 3.05) is 6.61 Å². The Bertz CT molecular complexity index is 405. The van der Waals surface area contributed by atoms with E-state index in [0.29, 0.717) is 0 Å². The predicted molar refractivity (Wildman–Crippen MR) is 62.3 cm³/mol. The van der Waals surface area contributed by atoms with Crippen LogP contribution in [0.3, 0.4) is 0 Å². The second-order valence-corrected chi connectivity index (χ2v) is 3.07. The highest BCUT2D eigenvalue weighted by molar-refractivity contribution is 5.92. The summed E-state index contributed by atoms with van der Waals surface area (Å²) in [5, 5.41) is 9.39. The SMILES string of the molecule is CC=CC=CCOC(=O)c1ccccc1O. The summed E-state index contributed by atoms with van der Waals surface area (Å²) in [4.78, 5) is 11.5. The van der Waals surface area contributed by atoms with Crippen LogP contribution < -0.4 is 0 Å². The van der Waals surface area contributed by atoms with Gasteiger partial charge in [-0.1, -0.05) is 30.4 Å². The van der Waals surface area contributed by atoms with E-state index < -0.39 is 5.97 Å². The number of aromatic hydroxyl groups is 1. The third-order valence-electron chi connectivity index (χ3n) is 1.87. The lowest BCUT2D eigenvalue weighted by Gasteiger charge is -2.03. The van der Waals surface area contributed by atoms with E-state index in [4.69, 9.17) is 4.74 Å². The van der Waals surface area contributed by atoms with E-state index in [1.54, 1.807) is 24.3 Å². The van der Waals surface area contributed by atoms with Gasteiger partial charge in [0.15, 0.2) is 0 Å². The molecule has 0 heterocycles. The maximum absolute atomic E-state index is 11.5. The molecule has 3 heteroatoms. The molecule has 1 N–H and O–H groups in total. The van der Waals surface area contributed by atoms with E-state index in [-0.39, 0.29) is 17.9 Å². The fraction of sp³-hybridized carbons (Fsp3) is 0.154. The maximum atomic E-state index is 11.5. The minimum atomic E-state index is -0.525. The highest BCUT2D eigenvalue weighted by atomic mass is 16.5. The molecule has 0 aromatic heterocycles. The van der Waals surface area contributed by atoms with Gasteiger partial charge in [-0.05, 0) is 25.1 Å². The molecule has 1 aromatic carbocycles. The topological polar surface area (TPSA) is 46.5 Å². The average molecular weight is 218 g/mol. The molecule has 16 heavy (non-hydrogen) atoms. The summed E-state index contributed by atoms with van der Waals surface area (Å²) in [6.45, 7) is 2.09. The highest BCUT2D eigenvalue weighted by Crippen LogP contribution is 2.16. The fourth-order valence-electron chi connectivity index (χ4n) is 1.09. The van der Waals surface area contributed by atoms with Crippen molar-refractivity contribution in [2.24, 2.45) is 0 Å². The van der Waals surface area contributed by atoms with Crippen molar-refractivity contribution in [3.05, 3.63) is 54.1 Å². The van der Waals surface area contributed by atoms with Gasteiger partial charge in [-0.3, -0.25) is 0 Å². The quantitative estimate of drug-likeness (QED) is 0.624. The second kappa shape index (κ2) is 6.45. The predicted octanol–water partition coefficient (Wildman–Crippen LogP) is 2.68. The zero-order valence-corrected chi connectivity index (χ0v) is 9.09. The monoisotopic (exact) mass is 218 g/mol. The lowest BCUT2D eigenvalue weighted by atomic mass is 10.2.